The summed E-state index contributed by atoms with van der Waals surface area (Å²) in [5, 5.41) is 3.07. The molecule has 0 atom stereocenters. The Balaban J connectivity index is 1.91. The van der Waals surface area contributed by atoms with Crippen LogP contribution in [0.3, 0.4) is 0 Å². The molecule has 4 nitrogen and oxygen atoms in total. The average molecular weight is 272 g/mol. The molecular formula is C15H17FN4. The Morgan fingerprint density at radius 3 is 2.60 bits per heavy atom. The van der Waals surface area contributed by atoms with E-state index in [0.717, 1.165) is 11.3 Å². The van der Waals surface area contributed by atoms with Gasteiger partial charge in [-0.3, -0.25) is 10.4 Å². The van der Waals surface area contributed by atoms with Gasteiger partial charge in [0.25, 0.3) is 0 Å². The minimum Gasteiger partial charge on any atom is -0.325 e. The summed E-state index contributed by atoms with van der Waals surface area (Å²) in [6.07, 6.45) is 0.652. The Hall–Kier alpha value is -2.40. The molecule has 20 heavy (non-hydrogen) atoms. The van der Waals surface area contributed by atoms with E-state index in [1.165, 1.54) is 12.1 Å². The second kappa shape index (κ2) is 7.25. The third kappa shape index (κ3) is 4.37. The third-order valence-electron chi connectivity index (χ3n) is 2.73. The lowest BCUT2D eigenvalue weighted by Crippen LogP contribution is -2.36. The van der Waals surface area contributed by atoms with Gasteiger partial charge >= 0.3 is 0 Å². The highest BCUT2D eigenvalue weighted by Crippen LogP contribution is 2.06. The maximum absolute atomic E-state index is 13.0. The molecule has 0 aliphatic heterocycles. The van der Waals surface area contributed by atoms with Crippen LogP contribution in [0, 0.1) is 5.82 Å². The van der Waals surface area contributed by atoms with Gasteiger partial charge in [0.15, 0.2) is 0 Å². The van der Waals surface area contributed by atoms with Crippen LogP contribution in [0.2, 0.25) is 0 Å². The number of hydrazine groups is 1. The van der Waals surface area contributed by atoms with Crippen molar-refractivity contribution in [3.05, 3.63) is 66.0 Å². The molecule has 0 fully saturated rings. The number of guanidine groups is 1. The minimum atomic E-state index is -0.230. The van der Waals surface area contributed by atoms with Crippen molar-refractivity contribution in [3.63, 3.8) is 0 Å². The molecule has 2 rings (SSSR count). The van der Waals surface area contributed by atoms with Crippen LogP contribution < -0.4 is 16.6 Å². The third-order valence-corrected chi connectivity index (χ3v) is 2.73. The number of hydrogen-bond acceptors (Lipinski definition) is 2. The Morgan fingerprint density at radius 2 is 1.90 bits per heavy atom. The normalized spacial score (nSPS) is 11.2. The van der Waals surface area contributed by atoms with E-state index in [1.54, 1.807) is 6.07 Å². The number of rotatable bonds is 4. The van der Waals surface area contributed by atoms with Crippen LogP contribution in [0.4, 0.5) is 10.1 Å². The van der Waals surface area contributed by atoms with Gasteiger partial charge in [0.1, 0.15) is 5.82 Å². The zero-order valence-electron chi connectivity index (χ0n) is 11.0. The molecule has 0 saturated carbocycles. The summed E-state index contributed by atoms with van der Waals surface area (Å²) in [6, 6.07) is 16.1. The van der Waals surface area contributed by atoms with Gasteiger partial charge in [-0.2, -0.15) is 0 Å². The van der Waals surface area contributed by atoms with E-state index in [-0.39, 0.29) is 5.82 Å². The summed E-state index contributed by atoms with van der Waals surface area (Å²) in [5.74, 6) is 5.67. The van der Waals surface area contributed by atoms with E-state index >= 15 is 0 Å². The van der Waals surface area contributed by atoms with Crippen molar-refractivity contribution < 1.29 is 4.39 Å². The number of hydrogen-bond donors (Lipinski definition) is 3. The highest BCUT2D eigenvalue weighted by molar-refractivity contribution is 5.93. The summed E-state index contributed by atoms with van der Waals surface area (Å²) in [6.45, 7) is 0.517. The van der Waals surface area contributed by atoms with Crippen LogP contribution in [-0.4, -0.2) is 12.5 Å². The molecule has 4 N–H and O–H groups in total. The molecule has 0 radical (unpaired) electrons. The first-order chi connectivity index (χ1) is 9.78. The van der Waals surface area contributed by atoms with E-state index in [9.17, 15) is 4.39 Å². The molecule has 0 spiro atoms. The molecule has 0 bridgehead atoms. The lowest BCUT2D eigenvalue weighted by atomic mass is 10.1. The van der Waals surface area contributed by atoms with E-state index < -0.39 is 0 Å². The van der Waals surface area contributed by atoms with E-state index in [1.807, 2.05) is 36.4 Å². The van der Waals surface area contributed by atoms with Crippen LogP contribution in [0.5, 0.6) is 0 Å². The predicted molar refractivity (Wildman–Crippen MR) is 79.8 cm³/mol. The molecule has 104 valence electrons. The summed E-state index contributed by atoms with van der Waals surface area (Å²) in [5.41, 5.74) is 4.32. The number of halogens is 1. The minimum absolute atomic E-state index is 0.230. The van der Waals surface area contributed by atoms with Crippen molar-refractivity contribution in [2.75, 3.05) is 11.9 Å². The second-order valence-corrected chi connectivity index (χ2v) is 4.25. The fourth-order valence-corrected chi connectivity index (χ4v) is 1.77. The zero-order chi connectivity index (χ0) is 14.2. The Morgan fingerprint density at radius 1 is 1.10 bits per heavy atom. The van der Waals surface area contributed by atoms with E-state index in [4.69, 9.17) is 5.84 Å². The SMILES string of the molecule is NNC(=NCCc1cccc(F)c1)Nc1ccccc1. The average Bonchev–Trinajstić information content (AvgIpc) is 2.47. The van der Waals surface area contributed by atoms with Crippen LogP contribution >= 0.6 is 0 Å². The lowest BCUT2D eigenvalue weighted by Gasteiger charge is -2.08. The number of aliphatic imine (C=N–C) groups is 1. The molecule has 0 saturated heterocycles. The molecular weight excluding hydrogens is 255 g/mol. The first-order valence-corrected chi connectivity index (χ1v) is 6.35. The molecule has 0 aliphatic carbocycles. The first kappa shape index (κ1) is 14.0. The van der Waals surface area contributed by atoms with Crippen LogP contribution in [0.1, 0.15) is 5.56 Å². The summed E-state index contributed by atoms with van der Waals surface area (Å²) in [7, 11) is 0. The molecule has 2 aromatic carbocycles. The van der Waals surface area contributed by atoms with Gasteiger partial charge in [0, 0.05) is 12.2 Å². The number of nitrogens with two attached hydrogens (primary N) is 1. The topological polar surface area (TPSA) is 62.4 Å². The molecule has 0 aliphatic rings. The van der Waals surface area contributed by atoms with Crippen molar-refractivity contribution in [1.82, 2.24) is 5.43 Å². The van der Waals surface area contributed by atoms with Gasteiger partial charge < -0.3 is 5.32 Å². The van der Waals surface area contributed by atoms with Crippen molar-refractivity contribution in [2.24, 2.45) is 10.8 Å². The number of nitrogens with one attached hydrogen (secondary N) is 2. The summed E-state index contributed by atoms with van der Waals surface area (Å²) in [4.78, 5) is 4.31. The standard InChI is InChI=1S/C15H17FN4/c16-13-6-4-5-12(11-13)9-10-18-15(20-17)19-14-7-2-1-3-8-14/h1-8,11H,9-10,17H2,(H2,18,19,20). The molecule has 0 amide bonds. The van der Waals surface area contributed by atoms with Crippen molar-refractivity contribution in [1.29, 1.82) is 0 Å². The number of para-hydroxylation sites is 1. The van der Waals surface area contributed by atoms with Gasteiger partial charge in [-0.1, -0.05) is 30.3 Å². The van der Waals surface area contributed by atoms with E-state index in [0.29, 0.717) is 18.9 Å². The van der Waals surface area contributed by atoms with Crippen LogP contribution in [-0.2, 0) is 6.42 Å². The molecule has 2 aromatic rings. The van der Waals surface area contributed by atoms with Gasteiger partial charge in [-0.25, -0.2) is 10.2 Å². The number of anilines is 1. The molecule has 5 heteroatoms. The fraction of sp³-hybridized carbons (Fsp3) is 0.133. The predicted octanol–water partition coefficient (Wildman–Crippen LogP) is 2.30. The smallest absolute Gasteiger partial charge is 0.210 e. The highest BCUT2D eigenvalue weighted by Gasteiger charge is 1.98. The maximum Gasteiger partial charge on any atom is 0.210 e. The Bertz CT molecular complexity index is 569. The van der Waals surface area contributed by atoms with Gasteiger partial charge in [-0.15, -0.1) is 0 Å². The second-order valence-electron chi connectivity index (χ2n) is 4.25. The van der Waals surface area contributed by atoms with Gasteiger partial charge in [-0.05, 0) is 36.2 Å². The molecule has 0 unspecified atom stereocenters. The lowest BCUT2D eigenvalue weighted by molar-refractivity contribution is 0.625. The largest absolute Gasteiger partial charge is 0.325 e. The summed E-state index contributed by atoms with van der Waals surface area (Å²) >= 11 is 0. The maximum atomic E-state index is 13.0. The van der Waals surface area contributed by atoms with Crippen molar-refractivity contribution in [3.8, 4) is 0 Å². The molecule has 0 heterocycles. The highest BCUT2D eigenvalue weighted by atomic mass is 19.1. The number of benzene rings is 2. The van der Waals surface area contributed by atoms with Gasteiger partial charge in [0.05, 0.1) is 0 Å². The monoisotopic (exact) mass is 272 g/mol. The quantitative estimate of drug-likeness (QED) is 0.346. The Kier molecular flexibility index (Phi) is 5.08. The van der Waals surface area contributed by atoms with Crippen LogP contribution in [0.15, 0.2) is 59.6 Å². The van der Waals surface area contributed by atoms with Crippen LogP contribution in [0.25, 0.3) is 0 Å². The molecule has 0 aromatic heterocycles. The fourth-order valence-electron chi connectivity index (χ4n) is 1.77. The number of nitrogens with zero attached hydrogens (tertiary/aromatic N) is 1. The van der Waals surface area contributed by atoms with Gasteiger partial charge in [0.2, 0.25) is 5.96 Å². The zero-order valence-corrected chi connectivity index (χ0v) is 11.0. The van der Waals surface area contributed by atoms with Crippen molar-refractivity contribution in [2.45, 2.75) is 6.42 Å². The first-order valence-electron chi connectivity index (χ1n) is 6.35. The van der Waals surface area contributed by atoms with E-state index in [2.05, 4.69) is 15.7 Å². The Labute approximate surface area is 117 Å². The van der Waals surface area contributed by atoms with Crippen molar-refractivity contribution >= 4 is 11.6 Å². The summed E-state index contributed by atoms with van der Waals surface area (Å²) < 4.78 is 13.0.